The van der Waals surface area contributed by atoms with Crippen molar-refractivity contribution in [3.05, 3.63) is 12.5 Å². The lowest BCUT2D eigenvalue weighted by molar-refractivity contribution is -0.145. The number of aliphatic carboxylic acids is 1. The highest BCUT2D eigenvalue weighted by molar-refractivity contribution is 5.95. The molecule has 0 aromatic carbocycles. The normalized spacial score (nSPS) is 24.2. The number of carboxylic acid groups (broad SMARTS) is 1. The Morgan fingerprint density at radius 3 is 2.81 bits per heavy atom. The van der Waals surface area contributed by atoms with E-state index in [4.69, 9.17) is 5.11 Å². The minimum absolute atomic E-state index is 0.270. The van der Waals surface area contributed by atoms with Crippen LogP contribution in [0.3, 0.4) is 0 Å². The number of aromatic nitrogens is 1. The summed E-state index contributed by atoms with van der Waals surface area (Å²) in [5, 5.41) is 15.0. The summed E-state index contributed by atoms with van der Waals surface area (Å²) >= 11 is 0. The maximum absolute atomic E-state index is 11.8. The van der Waals surface area contributed by atoms with E-state index in [1.54, 1.807) is 0 Å². The molecule has 1 aliphatic carbocycles. The Bertz CT molecular complexity index is 388. The van der Waals surface area contributed by atoms with E-state index in [-0.39, 0.29) is 5.91 Å². The van der Waals surface area contributed by atoms with E-state index in [9.17, 15) is 9.59 Å². The van der Waals surface area contributed by atoms with E-state index in [1.165, 1.54) is 12.5 Å². The summed E-state index contributed by atoms with van der Waals surface area (Å²) in [7, 11) is 0. The number of hydrogen-bond donors (Lipinski definition) is 2. The number of carbonyl (C=O) groups excluding carboxylic acids is 1. The third kappa shape index (κ3) is 2.05. The summed E-state index contributed by atoms with van der Waals surface area (Å²) in [5.41, 5.74) is 0.459. The number of nitrogens with zero attached hydrogens (tertiary/aromatic N) is 1. The van der Waals surface area contributed by atoms with Crippen LogP contribution in [0, 0.1) is 11.8 Å². The molecule has 0 saturated heterocycles. The fourth-order valence-electron chi connectivity index (χ4n) is 2.07. The molecule has 1 fully saturated rings. The molecule has 6 nitrogen and oxygen atoms in total. The lowest BCUT2D eigenvalue weighted by atomic mass is 9.95. The zero-order valence-electron chi connectivity index (χ0n) is 8.55. The van der Waals surface area contributed by atoms with Crippen LogP contribution in [0.2, 0.25) is 0 Å². The van der Waals surface area contributed by atoms with Crippen molar-refractivity contribution in [1.82, 2.24) is 5.16 Å². The van der Waals surface area contributed by atoms with Crippen LogP contribution in [0.4, 0.5) is 5.69 Å². The van der Waals surface area contributed by atoms with Crippen molar-refractivity contribution in [3.8, 4) is 0 Å². The Morgan fingerprint density at radius 2 is 2.19 bits per heavy atom. The van der Waals surface area contributed by atoms with Gasteiger partial charge in [0, 0.05) is 0 Å². The number of amides is 1. The molecule has 1 heterocycles. The third-order valence-corrected chi connectivity index (χ3v) is 2.87. The van der Waals surface area contributed by atoms with Crippen LogP contribution in [0.15, 0.2) is 17.0 Å². The summed E-state index contributed by atoms with van der Waals surface area (Å²) in [4.78, 5) is 22.7. The van der Waals surface area contributed by atoms with Gasteiger partial charge < -0.3 is 14.9 Å². The fourth-order valence-corrected chi connectivity index (χ4v) is 2.07. The first-order valence-corrected chi connectivity index (χ1v) is 5.11. The Balaban J connectivity index is 2.01. The molecule has 1 aromatic rings. The second kappa shape index (κ2) is 4.34. The first-order valence-electron chi connectivity index (χ1n) is 5.11. The van der Waals surface area contributed by atoms with Crippen LogP contribution in [-0.4, -0.2) is 22.1 Å². The van der Waals surface area contributed by atoms with Gasteiger partial charge in [0.1, 0.15) is 12.0 Å². The van der Waals surface area contributed by atoms with Crippen LogP contribution in [-0.2, 0) is 9.59 Å². The van der Waals surface area contributed by atoms with Crippen LogP contribution < -0.4 is 5.32 Å². The zero-order valence-corrected chi connectivity index (χ0v) is 8.55. The van der Waals surface area contributed by atoms with Gasteiger partial charge in [-0.2, -0.15) is 0 Å². The van der Waals surface area contributed by atoms with Crippen molar-refractivity contribution < 1.29 is 19.2 Å². The number of anilines is 1. The largest absolute Gasteiger partial charge is 0.481 e. The molecule has 0 aliphatic heterocycles. The van der Waals surface area contributed by atoms with E-state index in [1.807, 2.05) is 0 Å². The lowest BCUT2D eigenvalue weighted by Crippen LogP contribution is -2.29. The monoisotopic (exact) mass is 224 g/mol. The van der Waals surface area contributed by atoms with E-state index in [0.717, 1.165) is 6.42 Å². The SMILES string of the molecule is O=C(O)[C@H]1CCC[C@H]1C(=O)Nc1cnoc1. The lowest BCUT2D eigenvalue weighted by Gasteiger charge is -2.14. The number of rotatable bonds is 3. The van der Waals surface area contributed by atoms with Gasteiger partial charge in [0.2, 0.25) is 5.91 Å². The molecule has 1 aromatic heterocycles. The van der Waals surface area contributed by atoms with Crippen molar-refractivity contribution in [1.29, 1.82) is 0 Å². The molecule has 1 aliphatic rings. The third-order valence-electron chi connectivity index (χ3n) is 2.87. The Kier molecular flexibility index (Phi) is 2.89. The average molecular weight is 224 g/mol. The molecule has 1 saturated carbocycles. The van der Waals surface area contributed by atoms with E-state index >= 15 is 0 Å². The average Bonchev–Trinajstić information content (AvgIpc) is 2.86. The zero-order chi connectivity index (χ0) is 11.5. The minimum Gasteiger partial charge on any atom is -0.481 e. The van der Waals surface area contributed by atoms with Gasteiger partial charge in [-0.3, -0.25) is 9.59 Å². The van der Waals surface area contributed by atoms with Gasteiger partial charge in [-0.15, -0.1) is 0 Å². The first kappa shape index (κ1) is 10.7. The topological polar surface area (TPSA) is 92.4 Å². The van der Waals surface area contributed by atoms with Crippen molar-refractivity contribution in [2.24, 2.45) is 11.8 Å². The van der Waals surface area contributed by atoms with Gasteiger partial charge in [0.15, 0.2) is 0 Å². The predicted octanol–water partition coefficient (Wildman–Crippen LogP) is 1.11. The van der Waals surface area contributed by atoms with Gasteiger partial charge in [0.05, 0.1) is 18.0 Å². The second-order valence-electron chi connectivity index (χ2n) is 3.88. The smallest absolute Gasteiger partial charge is 0.307 e. The summed E-state index contributed by atoms with van der Waals surface area (Å²) in [6.45, 7) is 0. The molecular formula is C10H12N2O4. The minimum atomic E-state index is -0.900. The Hall–Kier alpha value is -1.85. The standard InChI is InChI=1S/C10H12N2O4/c13-9(12-6-4-11-16-5-6)7-2-1-3-8(7)10(14)15/h4-5,7-8H,1-3H2,(H,12,13)(H,14,15)/t7-,8+/m1/s1. The van der Waals surface area contributed by atoms with Gasteiger partial charge >= 0.3 is 5.97 Å². The number of carbonyl (C=O) groups is 2. The maximum Gasteiger partial charge on any atom is 0.307 e. The maximum atomic E-state index is 11.8. The molecule has 2 atom stereocenters. The molecule has 6 heteroatoms. The number of nitrogens with one attached hydrogen (secondary N) is 1. The summed E-state index contributed by atoms with van der Waals surface area (Å²) in [6.07, 6.45) is 4.65. The van der Waals surface area contributed by atoms with E-state index in [0.29, 0.717) is 18.5 Å². The van der Waals surface area contributed by atoms with Gasteiger partial charge in [-0.1, -0.05) is 11.6 Å². The molecule has 86 valence electrons. The summed E-state index contributed by atoms with van der Waals surface area (Å²) in [6, 6.07) is 0. The highest BCUT2D eigenvalue weighted by Crippen LogP contribution is 2.32. The van der Waals surface area contributed by atoms with E-state index < -0.39 is 17.8 Å². The van der Waals surface area contributed by atoms with Gasteiger partial charge in [0.25, 0.3) is 0 Å². The van der Waals surface area contributed by atoms with Crippen molar-refractivity contribution in [2.75, 3.05) is 5.32 Å². The molecule has 16 heavy (non-hydrogen) atoms. The highest BCUT2D eigenvalue weighted by Gasteiger charge is 2.37. The molecule has 2 rings (SSSR count). The van der Waals surface area contributed by atoms with Crippen molar-refractivity contribution >= 4 is 17.6 Å². The predicted molar refractivity (Wildman–Crippen MR) is 53.6 cm³/mol. The molecule has 0 unspecified atom stereocenters. The van der Waals surface area contributed by atoms with Crippen molar-refractivity contribution in [3.63, 3.8) is 0 Å². The molecule has 0 spiro atoms. The van der Waals surface area contributed by atoms with Gasteiger partial charge in [-0.05, 0) is 12.8 Å². The Labute approximate surface area is 91.6 Å². The van der Waals surface area contributed by atoms with Crippen LogP contribution in [0.25, 0.3) is 0 Å². The fraction of sp³-hybridized carbons (Fsp3) is 0.500. The quantitative estimate of drug-likeness (QED) is 0.802. The molecule has 0 bridgehead atoms. The molecular weight excluding hydrogens is 212 g/mol. The molecule has 2 N–H and O–H groups in total. The number of carboxylic acids is 1. The van der Waals surface area contributed by atoms with Crippen LogP contribution in [0.5, 0.6) is 0 Å². The van der Waals surface area contributed by atoms with Crippen molar-refractivity contribution in [2.45, 2.75) is 19.3 Å². The van der Waals surface area contributed by atoms with Gasteiger partial charge in [-0.25, -0.2) is 0 Å². The van der Waals surface area contributed by atoms with E-state index in [2.05, 4.69) is 15.0 Å². The first-order chi connectivity index (χ1) is 7.68. The highest BCUT2D eigenvalue weighted by atomic mass is 16.5. The second-order valence-corrected chi connectivity index (χ2v) is 3.88. The van der Waals surface area contributed by atoms with Crippen LogP contribution in [0.1, 0.15) is 19.3 Å². The number of hydrogen-bond acceptors (Lipinski definition) is 4. The Morgan fingerprint density at radius 1 is 1.44 bits per heavy atom. The molecule has 1 amide bonds. The van der Waals surface area contributed by atoms with Crippen LogP contribution >= 0.6 is 0 Å². The summed E-state index contributed by atoms with van der Waals surface area (Å²) in [5.74, 6) is -2.19. The molecule has 0 radical (unpaired) electrons. The summed E-state index contributed by atoms with van der Waals surface area (Å²) < 4.78 is 4.57.